The van der Waals surface area contributed by atoms with E-state index in [-0.39, 0.29) is 10.6 Å². The summed E-state index contributed by atoms with van der Waals surface area (Å²) in [4.78, 5) is 12.2. The van der Waals surface area contributed by atoms with Crippen molar-refractivity contribution in [2.75, 3.05) is 30.6 Å². The van der Waals surface area contributed by atoms with Gasteiger partial charge in [0.15, 0.2) is 11.5 Å². The minimum Gasteiger partial charge on any atom is -0.493 e. The minimum atomic E-state index is -0.604. The van der Waals surface area contributed by atoms with Gasteiger partial charge in [-0.25, -0.2) is 0 Å². The van der Waals surface area contributed by atoms with Crippen LogP contribution in [0.1, 0.15) is 0 Å². The van der Waals surface area contributed by atoms with E-state index in [9.17, 15) is 10.1 Å². The van der Waals surface area contributed by atoms with E-state index in [1.807, 2.05) is 6.07 Å². The predicted octanol–water partition coefficient (Wildman–Crippen LogP) is 3.40. The number of amides is 1. The molecule has 26 heavy (non-hydrogen) atoms. The van der Waals surface area contributed by atoms with E-state index in [1.165, 1.54) is 26.5 Å². The molecule has 0 bridgehead atoms. The van der Waals surface area contributed by atoms with Gasteiger partial charge in [-0.15, -0.1) is 0 Å². The zero-order chi connectivity index (χ0) is 19.1. The van der Waals surface area contributed by atoms with Crippen LogP contribution in [-0.4, -0.2) is 20.1 Å². The minimum absolute atomic E-state index is 0.132. The van der Waals surface area contributed by atoms with Gasteiger partial charge in [-0.1, -0.05) is 11.6 Å². The third kappa shape index (κ3) is 4.59. The lowest BCUT2D eigenvalue weighted by Crippen LogP contribution is -2.15. The molecule has 0 saturated heterocycles. The molecule has 0 atom stereocenters. The SMILES string of the molecule is COc1ccc(N/C=C(/C#N)C(=O)Nc2ccc(N)cc2Cl)cc1OC. The van der Waals surface area contributed by atoms with Crippen molar-refractivity contribution in [3.8, 4) is 17.6 Å². The lowest BCUT2D eigenvalue weighted by Gasteiger charge is -2.10. The maximum absolute atomic E-state index is 12.2. The van der Waals surface area contributed by atoms with E-state index in [0.29, 0.717) is 28.6 Å². The van der Waals surface area contributed by atoms with Gasteiger partial charge in [-0.2, -0.15) is 5.26 Å². The molecule has 0 aliphatic carbocycles. The van der Waals surface area contributed by atoms with Crippen LogP contribution in [-0.2, 0) is 4.79 Å². The van der Waals surface area contributed by atoms with Gasteiger partial charge in [0.1, 0.15) is 11.6 Å². The van der Waals surface area contributed by atoms with Crippen LogP contribution < -0.4 is 25.8 Å². The molecule has 7 nitrogen and oxygen atoms in total. The van der Waals surface area contributed by atoms with Crippen molar-refractivity contribution < 1.29 is 14.3 Å². The second-order valence-electron chi connectivity index (χ2n) is 5.08. The predicted molar refractivity (Wildman–Crippen MR) is 101 cm³/mol. The number of hydrogen-bond acceptors (Lipinski definition) is 6. The number of nitriles is 1. The van der Waals surface area contributed by atoms with Crippen LogP contribution in [0.15, 0.2) is 48.2 Å². The molecule has 0 aromatic heterocycles. The molecule has 2 rings (SSSR count). The van der Waals surface area contributed by atoms with Crippen molar-refractivity contribution in [1.29, 1.82) is 5.26 Å². The summed E-state index contributed by atoms with van der Waals surface area (Å²) < 4.78 is 10.4. The summed E-state index contributed by atoms with van der Waals surface area (Å²) in [5.41, 5.74) is 6.93. The van der Waals surface area contributed by atoms with Gasteiger partial charge in [-0.05, 0) is 30.3 Å². The maximum atomic E-state index is 12.2. The lowest BCUT2D eigenvalue weighted by atomic mass is 10.2. The highest BCUT2D eigenvalue weighted by molar-refractivity contribution is 6.34. The third-order valence-corrected chi connectivity index (χ3v) is 3.69. The van der Waals surface area contributed by atoms with Crippen LogP contribution in [0.2, 0.25) is 5.02 Å². The van der Waals surface area contributed by atoms with Gasteiger partial charge in [0.05, 0.1) is 24.9 Å². The van der Waals surface area contributed by atoms with Crippen LogP contribution in [0.4, 0.5) is 17.1 Å². The number of carbonyl (C=O) groups excluding carboxylic acids is 1. The fraction of sp³-hybridized carbons (Fsp3) is 0.111. The van der Waals surface area contributed by atoms with E-state index < -0.39 is 5.91 Å². The van der Waals surface area contributed by atoms with Crippen LogP contribution in [0.25, 0.3) is 0 Å². The summed E-state index contributed by atoms with van der Waals surface area (Å²) in [7, 11) is 3.05. The molecule has 4 N–H and O–H groups in total. The Morgan fingerprint density at radius 3 is 2.54 bits per heavy atom. The van der Waals surface area contributed by atoms with Crippen molar-refractivity contribution in [1.82, 2.24) is 0 Å². The standard InChI is InChI=1S/C18H17ClN4O3/c1-25-16-6-4-13(8-17(16)26-2)22-10-11(9-20)18(24)23-15-5-3-12(21)7-14(15)19/h3-8,10,22H,21H2,1-2H3,(H,23,24)/b11-10-. The van der Waals surface area contributed by atoms with Crippen molar-refractivity contribution in [3.05, 3.63) is 53.2 Å². The van der Waals surface area contributed by atoms with Crippen molar-refractivity contribution in [3.63, 3.8) is 0 Å². The average molecular weight is 373 g/mol. The number of nitrogens with two attached hydrogens (primary N) is 1. The average Bonchev–Trinajstić information content (AvgIpc) is 2.64. The number of methoxy groups -OCH3 is 2. The molecule has 134 valence electrons. The summed E-state index contributed by atoms with van der Waals surface area (Å²) in [5.74, 6) is 0.480. The molecule has 0 unspecified atom stereocenters. The summed E-state index contributed by atoms with van der Waals surface area (Å²) in [6.07, 6.45) is 1.29. The quantitative estimate of drug-likeness (QED) is 0.407. The van der Waals surface area contributed by atoms with Crippen molar-refractivity contribution in [2.24, 2.45) is 0 Å². The van der Waals surface area contributed by atoms with Gasteiger partial charge in [0, 0.05) is 23.6 Å². The van der Waals surface area contributed by atoms with Crippen LogP contribution in [0, 0.1) is 11.3 Å². The first-order valence-corrected chi connectivity index (χ1v) is 7.81. The van der Waals surface area contributed by atoms with E-state index >= 15 is 0 Å². The molecule has 0 fully saturated rings. The fourth-order valence-corrected chi connectivity index (χ4v) is 2.29. The Morgan fingerprint density at radius 1 is 1.19 bits per heavy atom. The number of carbonyl (C=O) groups is 1. The Hall–Kier alpha value is -3.37. The van der Waals surface area contributed by atoms with E-state index in [0.717, 1.165) is 0 Å². The van der Waals surface area contributed by atoms with Crippen molar-refractivity contribution in [2.45, 2.75) is 0 Å². The molecule has 2 aromatic rings. The number of halogens is 1. The first-order chi connectivity index (χ1) is 12.5. The monoisotopic (exact) mass is 372 g/mol. The summed E-state index contributed by atoms with van der Waals surface area (Å²) in [6.45, 7) is 0. The summed E-state index contributed by atoms with van der Waals surface area (Å²) in [5, 5.41) is 15.0. The van der Waals surface area contributed by atoms with Crippen LogP contribution in [0.3, 0.4) is 0 Å². The molecular formula is C18H17ClN4O3. The van der Waals surface area contributed by atoms with Gasteiger partial charge in [0.2, 0.25) is 0 Å². The first-order valence-electron chi connectivity index (χ1n) is 7.43. The van der Waals surface area contributed by atoms with Crippen LogP contribution in [0.5, 0.6) is 11.5 Å². The van der Waals surface area contributed by atoms with Crippen molar-refractivity contribution >= 4 is 34.6 Å². The molecule has 2 aromatic carbocycles. The smallest absolute Gasteiger partial charge is 0.267 e. The molecular weight excluding hydrogens is 356 g/mol. The van der Waals surface area contributed by atoms with Gasteiger partial charge < -0.3 is 25.8 Å². The molecule has 8 heteroatoms. The molecule has 0 saturated carbocycles. The Morgan fingerprint density at radius 2 is 1.92 bits per heavy atom. The Labute approximate surface area is 156 Å². The maximum Gasteiger partial charge on any atom is 0.267 e. The largest absolute Gasteiger partial charge is 0.493 e. The number of benzene rings is 2. The fourth-order valence-electron chi connectivity index (χ4n) is 2.05. The lowest BCUT2D eigenvalue weighted by molar-refractivity contribution is -0.112. The van der Waals surface area contributed by atoms with Crippen LogP contribution >= 0.6 is 11.6 Å². The summed E-state index contributed by atoms with van der Waals surface area (Å²) in [6, 6.07) is 11.6. The number of ether oxygens (including phenoxy) is 2. The molecule has 0 aliphatic heterocycles. The molecule has 0 radical (unpaired) electrons. The molecule has 0 spiro atoms. The van der Waals surface area contributed by atoms with E-state index in [2.05, 4.69) is 10.6 Å². The van der Waals surface area contributed by atoms with E-state index in [4.69, 9.17) is 26.8 Å². The molecule has 1 amide bonds. The van der Waals surface area contributed by atoms with E-state index in [1.54, 1.807) is 30.3 Å². The third-order valence-electron chi connectivity index (χ3n) is 3.37. The number of hydrogen-bond donors (Lipinski definition) is 3. The first kappa shape index (κ1) is 19.0. The highest BCUT2D eigenvalue weighted by atomic mass is 35.5. The number of nitrogens with one attached hydrogen (secondary N) is 2. The number of rotatable bonds is 6. The van der Waals surface area contributed by atoms with Gasteiger partial charge in [0.25, 0.3) is 5.91 Å². The van der Waals surface area contributed by atoms with Gasteiger partial charge in [-0.3, -0.25) is 4.79 Å². The second-order valence-corrected chi connectivity index (χ2v) is 5.48. The Balaban J connectivity index is 2.14. The Kier molecular flexibility index (Phi) is 6.31. The topological polar surface area (TPSA) is 109 Å². The zero-order valence-electron chi connectivity index (χ0n) is 14.2. The number of anilines is 3. The molecule has 0 aliphatic rings. The summed E-state index contributed by atoms with van der Waals surface area (Å²) >= 11 is 6.02. The Bertz CT molecular complexity index is 890. The highest BCUT2D eigenvalue weighted by Crippen LogP contribution is 2.30. The second kappa shape index (κ2) is 8.65. The van der Waals surface area contributed by atoms with Gasteiger partial charge >= 0.3 is 0 Å². The normalized spacial score (nSPS) is 10.6. The highest BCUT2D eigenvalue weighted by Gasteiger charge is 2.12. The number of nitrogen functional groups attached to an aromatic ring is 1. The zero-order valence-corrected chi connectivity index (χ0v) is 14.9. The number of nitrogens with zero attached hydrogens (tertiary/aromatic N) is 1. The molecule has 0 heterocycles.